The molecule has 0 spiro atoms. The van der Waals surface area contributed by atoms with Crippen LogP contribution in [0.2, 0.25) is 5.02 Å². The standard InChI is InChI=1S/C14H9ClN2O/c15-12-5-3-10(4-6-12)13-8-17-7-1-2-11(9-18)14(17)16-13/h1-9H. The first-order valence-electron chi connectivity index (χ1n) is 5.47. The maximum atomic E-state index is 10.9. The minimum atomic E-state index is 0.581. The number of aldehydes is 1. The summed E-state index contributed by atoms with van der Waals surface area (Å²) >= 11 is 5.85. The van der Waals surface area contributed by atoms with Gasteiger partial charge < -0.3 is 4.40 Å². The number of hydrogen-bond donors (Lipinski definition) is 0. The van der Waals surface area contributed by atoms with Crippen molar-refractivity contribution in [1.29, 1.82) is 0 Å². The highest BCUT2D eigenvalue weighted by Gasteiger charge is 2.07. The van der Waals surface area contributed by atoms with Crippen LogP contribution < -0.4 is 0 Å². The Labute approximate surface area is 109 Å². The van der Waals surface area contributed by atoms with Crippen molar-refractivity contribution in [1.82, 2.24) is 9.38 Å². The summed E-state index contributed by atoms with van der Waals surface area (Å²) in [5.41, 5.74) is 3.04. The molecule has 0 amide bonds. The van der Waals surface area contributed by atoms with Crippen molar-refractivity contribution < 1.29 is 4.79 Å². The molecule has 0 aliphatic rings. The number of nitrogens with zero attached hydrogens (tertiary/aromatic N) is 2. The second-order valence-corrected chi connectivity index (χ2v) is 4.38. The first-order chi connectivity index (χ1) is 8.78. The Bertz CT molecular complexity index is 716. The Hall–Kier alpha value is -2.13. The molecule has 0 unspecified atom stereocenters. The van der Waals surface area contributed by atoms with Crippen LogP contribution in [0.15, 0.2) is 48.8 Å². The molecule has 2 heterocycles. The second kappa shape index (κ2) is 4.27. The predicted octanol–water partition coefficient (Wildman–Crippen LogP) is 3.47. The summed E-state index contributed by atoms with van der Waals surface area (Å²) in [4.78, 5) is 15.4. The van der Waals surface area contributed by atoms with Gasteiger partial charge in [0.25, 0.3) is 0 Å². The van der Waals surface area contributed by atoms with E-state index < -0.39 is 0 Å². The van der Waals surface area contributed by atoms with Gasteiger partial charge in [-0.05, 0) is 24.3 Å². The minimum absolute atomic E-state index is 0.581. The topological polar surface area (TPSA) is 34.4 Å². The highest BCUT2D eigenvalue weighted by Crippen LogP contribution is 2.22. The molecule has 0 aliphatic carbocycles. The summed E-state index contributed by atoms with van der Waals surface area (Å²) in [5, 5.41) is 0.691. The highest BCUT2D eigenvalue weighted by molar-refractivity contribution is 6.30. The molecule has 0 radical (unpaired) electrons. The first kappa shape index (κ1) is 11.0. The van der Waals surface area contributed by atoms with Crippen molar-refractivity contribution in [3.05, 3.63) is 59.4 Å². The summed E-state index contributed by atoms with van der Waals surface area (Å²) in [7, 11) is 0. The van der Waals surface area contributed by atoms with Crippen molar-refractivity contribution >= 4 is 23.5 Å². The van der Waals surface area contributed by atoms with Crippen LogP contribution in [0.25, 0.3) is 16.9 Å². The second-order valence-electron chi connectivity index (χ2n) is 3.95. The monoisotopic (exact) mass is 256 g/mol. The Kier molecular flexibility index (Phi) is 2.61. The van der Waals surface area contributed by atoms with Gasteiger partial charge in [0.15, 0.2) is 6.29 Å². The van der Waals surface area contributed by atoms with Crippen LogP contribution in [-0.4, -0.2) is 15.7 Å². The Balaban J connectivity index is 2.19. The summed E-state index contributed by atoms with van der Waals surface area (Å²) in [5.74, 6) is 0. The molecule has 3 nitrogen and oxygen atoms in total. The van der Waals surface area contributed by atoms with E-state index >= 15 is 0 Å². The smallest absolute Gasteiger partial charge is 0.153 e. The molecule has 0 saturated heterocycles. The normalized spacial score (nSPS) is 10.7. The average Bonchev–Trinajstić information content (AvgIpc) is 2.83. The van der Waals surface area contributed by atoms with Crippen molar-refractivity contribution in [3.63, 3.8) is 0 Å². The molecule has 0 bridgehead atoms. The summed E-state index contributed by atoms with van der Waals surface area (Å²) in [6, 6.07) is 11.0. The third-order valence-electron chi connectivity index (χ3n) is 2.78. The van der Waals surface area contributed by atoms with Crippen LogP contribution in [0.5, 0.6) is 0 Å². The van der Waals surface area contributed by atoms with Gasteiger partial charge in [-0.2, -0.15) is 0 Å². The zero-order valence-corrected chi connectivity index (χ0v) is 10.1. The van der Waals surface area contributed by atoms with Gasteiger partial charge in [-0.1, -0.05) is 23.7 Å². The van der Waals surface area contributed by atoms with Gasteiger partial charge >= 0.3 is 0 Å². The van der Waals surface area contributed by atoms with E-state index in [2.05, 4.69) is 4.98 Å². The number of halogens is 1. The number of carbonyl (C=O) groups is 1. The van der Waals surface area contributed by atoms with Gasteiger partial charge in [-0.15, -0.1) is 0 Å². The van der Waals surface area contributed by atoms with Crippen molar-refractivity contribution in [2.45, 2.75) is 0 Å². The van der Waals surface area contributed by atoms with Crippen LogP contribution in [0.4, 0.5) is 0 Å². The molecule has 3 aromatic rings. The summed E-state index contributed by atoms with van der Waals surface area (Å²) < 4.78 is 1.84. The molecule has 3 rings (SSSR count). The largest absolute Gasteiger partial charge is 0.306 e. The van der Waals surface area contributed by atoms with E-state index in [9.17, 15) is 4.79 Å². The zero-order chi connectivity index (χ0) is 12.5. The van der Waals surface area contributed by atoms with Crippen molar-refractivity contribution in [3.8, 4) is 11.3 Å². The molecular weight excluding hydrogens is 248 g/mol. The Morgan fingerprint density at radius 1 is 1.17 bits per heavy atom. The fourth-order valence-corrected chi connectivity index (χ4v) is 2.01. The summed E-state index contributed by atoms with van der Waals surface area (Å²) in [6.07, 6.45) is 4.58. The molecule has 0 N–H and O–H groups in total. The van der Waals surface area contributed by atoms with Crippen LogP contribution in [0.1, 0.15) is 10.4 Å². The Morgan fingerprint density at radius 3 is 2.67 bits per heavy atom. The molecular formula is C14H9ClN2O. The maximum absolute atomic E-state index is 10.9. The molecule has 2 aromatic heterocycles. The lowest BCUT2D eigenvalue weighted by Gasteiger charge is -1.95. The number of fused-ring (bicyclic) bond motifs is 1. The lowest BCUT2D eigenvalue weighted by molar-refractivity contribution is 0.112. The van der Waals surface area contributed by atoms with E-state index in [1.165, 1.54) is 0 Å². The van der Waals surface area contributed by atoms with Crippen molar-refractivity contribution in [2.24, 2.45) is 0 Å². The quantitative estimate of drug-likeness (QED) is 0.658. The van der Waals surface area contributed by atoms with E-state index in [1.807, 2.05) is 47.1 Å². The Morgan fingerprint density at radius 2 is 1.94 bits per heavy atom. The van der Waals surface area contributed by atoms with E-state index in [1.54, 1.807) is 6.07 Å². The highest BCUT2D eigenvalue weighted by atomic mass is 35.5. The fraction of sp³-hybridized carbons (Fsp3) is 0. The van der Waals surface area contributed by atoms with E-state index in [0.717, 1.165) is 17.5 Å². The molecule has 88 valence electrons. The van der Waals surface area contributed by atoms with Gasteiger partial charge in [0.2, 0.25) is 0 Å². The minimum Gasteiger partial charge on any atom is -0.306 e. The molecule has 4 heteroatoms. The molecule has 1 aromatic carbocycles. The third-order valence-corrected chi connectivity index (χ3v) is 3.03. The number of rotatable bonds is 2. The zero-order valence-electron chi connectivity index (χ0n) is 9.38. The van der Waals surface area contributed by atoms with E-state index in [-0.39, 0.29) is 0 Å². The van der Waals surface area contributed by atoms with Gasteiger partial charge in [0.1, 0.15) is 5.65 Å². The maximum Gasteiger partial charge on any atom is 0.153 e. The summed E-state index contributed by atoms with van der Waals surface area (Å²) in [6.45, 7) is 0. The number of imidazole rings is 1. The molecule has 0 atom stereocenters. The van der Waals surface area contributed by atoms with E-state index in [0.29, 0.717) is 16.2 Å². The predicted molar refractivity (Wildman–Crippen MR) is 71.0 cm³/mol. The van der Waals surface area contributed by atoms with E-state index in [4.69, 9.17) is 11.6 Å². The fourth-order valence-electron chi connectivity index (χ4n) is 1.89. The first-order valence-corrected chi connectivity index (χ1v) is 5.84. The number of carbonyl (C=O) groups excluding carboxylic acids is 1. The molecule has 0 aliphatic heterocycles. The number of hydrogen-bond acceptors (Lipinski definition) is 2. The molecule has 18 heavy (non-hydrogen) atoms. The third kappa shape index (κ3) is 1.79. The van der Waals surface area contributed by atoms with Gasteiger partial charge in [0.05, 0.1) is 11.3 Å². The lowest BCUT2D eigenvalue weighted by atomic mass is 10.2. The van der Waals surface area contributed by atoms with Crippen molar-refractivity contribution in [2.75, 3.05) is 0 Å². The average molecular weight is 257 g/mol. The van der Waals surface area contributed by atoms with Gasteiger partial charge in [0, 0.05) is 23.0 Å². The molecule has 0 saturated carbocycles. The van der Waals surface area contributed by atoms with Gasteiger partial charge in [-0.3, -0.25) is 4.79 Å². The van der Waals surface area contributed by atoms with Crippen LogP contribution in [0.3, 0.4) is 0 Å². The van der Waals surface area contributed by atoms with Crippen LogP contribution in [0, 0.1) is 0 Å². The number of benzene rings is 1. The number of aromatic nitrogens is 2. The van der Waals surface area contributed by atoms with Gasteiger partial charge in [-0.25, -0.2) is 4.98 Å². The number of pyridine rings is 1. The van der Waals surface area contributed by atoms with Crippen LogP contribution in [-0.2, 0) is 0 Å². The SMILES string of the molecule is O=Cc1cccn2cc(-c3ccc(Cl)cc3)nc12. The molecule has 0 fully saturated rings. The lowest BCUT2D eigenvalue weighted by Crippen LogP contribution is -1.88. The van der Waals surface area contributed by atoms with Crippen LogP contribution >= 0.6 is 11.6 Å².